The maximum atomic E-state index is 12.5. The number of nitrogens with zero attached hydrogens (tertiary/aromatic N) is 4. The van der Waals surface area contributed by atoms with Crippen molar-refractivity contribution in [2.75, 3.05) is 5.32 Å². The molecular weight excluding hydrogens is 368 g/mol. The van der Waals surface area contributed by atoms with Crippen molar-refractivity contribution in [2.45, 2.75) is 45.1 Å². The lowest BCUT2D eigenvalue weighted by Crippen LogP contribution is -2.42. The normalized spacial score (nSPS) is 14.8. The quantitative estimate of drug-likeness (QED) is 0.653. The number of halogens is 2. The Morgan fingerprint density at radius 3 is 2.39 bits per heavy atom. The zero-order valence-electron chi connectivity index (χ0n) is 15.6. The summed E-state index contributed by atoms with van der Waals surface area (Å²) in [7, 11) is 0. The van der Waals surface area contributed by atoms with E-state index in [0.29, 0.717) is 11.5 Å². The molecule has 0 aliphatic heterocycles. The van der Waals surface area contributed by atoms with Gasteiger partial charge in [-0.05, 0) is 37.0 Å². The molecule has 9 heteroatoms. The summed E-state index contributed by atoms with van der Waals surface area (Å²) in [5.74, 6) is -0.193. The van der Waals surface area contributed by atoms with E-state index in [1.54, 1.807) is 18.2 Å². The molecule has 3 aromatic rings. The summed E-state index contributed by atoms with van der Waals surface area (Å²) in [4.78, 5) is 8.45. The Morgan fingerprint density at radius 1 is 1.14 bits per heavy atom. The van der Waals surface area contributed by atoms with Crippen LogP contribution in [0.15, 0.2) is 41.1 Å². The molecule has 2 N–H and O–H groups in total. The van der Waals surface area contributed by atoms with Crippen LogP contribution in [-0.2, 0) is 5.54 Å². The topological polar surface area (TPSA) is 97.0 Å². The molecule has 28 heavy (non-hydrogen) atoms. The van der Waals surface area contributed by atoms with Gasteiger partial charge in [0.25, 0.3) is 11.8 Å². The predicted octanol–water partition coefficient (Wildman–Crippen LogP) is 4.69. The Hall–Kier alpha value is -3.10. The first kappa shape index (κ1) is 19.7. The number of hydrogen-bond donors (Lipinski definition) is 2. The second kappa shape index (κ2) is 8.28. The second-order valence-electron chi connectivity index (χ2n) is 6.15. The van der Waals surface area contributed by atoms with Gasteiger partial charge in [0, 0.05) is 12.4 Å². The molecule has 0 bridgehead atoms. The summed E-state index contributed by atoms with van der Waals surface area (Å²) in [5, 5.41) is 19.9. The summed E-state index contributed by atoms with van der Waals surface area (Å²) in [6.07, 6.45) is 2.89. The van der Waals surface area contributed by atoms with Crippen LogP contribution in [0.5, 0.6) is 5.75 Å². The number of aromatic nitrogens is 4. The Labute approximate surface area is 160 Å². The third-order valence-electron chi connectivity index (χ3n) is 4.48. The zero-order chi connectivity index (χ0) is 20.1. The van der Waals surface area contributed by atoms with Gasteiger partial charge in [0.15, 0.2) is 0 Å². The van der Waals surface area contributed by atoms with Crippen molar-refractivity contribution >= 4 is 5.95 Å². The molecule has 4 rings (SSSR count). The van der Waals surface area contributed by atoms with Crippen LogP contribution in [0.25, 0.3) is 11.5 Å². The molecule has 1 aliphatic rings. The van der Waals surface area contributed by atoms with E-state index in [4.69, 9.17) is 4.42 Å². The van der Waals surface area contributed by atoms with E-state index in [-0.39, 0.29) is 17.2 Å². The van der Waals surface area contributed by atoms with Crippen molar-refractivity contribution in [1.29, 1.82) is 0 Å². The van der Waals surface area contributed by atoms with E-state index >= 15 is 0 Å². The van der Waals surface area contributed by atoms with Gasteiger partial charge in [-0.15, -0.1) is 10.2 Å². The fraction of sp³-hybridized carbons (Fsp3) is 0.368. The maximum Gasteiger partial charge on any atom is 0.314 e. The maximum absolute atomic E-state index is 12.5. The number of phenolic OH excluding ortho intramolecular Hbond substituents is 1. The molecule has 0 amide bonds. The number of phenols is 1. The molecule has 2 heterocycles. The minimum absolute atomic E-state index is 0.0572. The minimum Gasteiger partial charge on any atom is -0.508 e. The Morgan fingerprint density at radius 2 is 1.86 bits per heavy atom. The minimum atomic E-state index is -2.82. The number of rotatable bonds is 5. The largest absolute Gasteiger partial charge is 0.508 e. The van der Waals surface area contributed by atoms with Gasteiger partial charge >= 0.3 is 6.43 Å². The number of anilines is 1. The van der Waals surface area contributed by atoms with Crippen LogP contribution in [0.2, 0.25) is 0 Å². The molecule has 1 aliphatic carbocycles. The lowest BCUT2D eigenvalue weighted by atomic mass is 9.72. The van der Waals surface area contributed by atoms with Crippen molar-refractivity contribution in [2.24, 2.45) is 0 Å². The van der Waals surface area contributed by atoms with Crippen LogP contribution in [0, 0.1) is 0 Å². The SMILES string of the molecule is CC.Oc1cccc(C2(Nc3ncc(-c4nnc(C(F)F)o4)cn3)CCC2)c1. The van der Waals surface area contributed by atoms with E-state index in [9.17, 15) is 13.9 Å². The van der Waals surface area contributed by atoms with E-state index in [1.165, 1.54) is 12.4 Å². The number of aromatic hydroxyl groups is 1. The zero-order valence-corrected chi connectivity index (χ0v) is 15.6. The van der Waals surface area contributed by atoms with E-state index < -0.39 is 12.3 Å². The highest BCUT2D eigenvalue weighted by Gasteiger charge is 2.39. The van der Waals surface area contributed by atoms with E-state index in [0.717, 1.165) is 24.8 Å². The van der Waals surface area contributed by atoms with Crippen LogP contribution in [0.3, 0.4) is 0 Å². The Balaban J connectivity index is 0.00000109. The average molecular weight is 389 g/mol. The first-order chi connectivity index (χ1) is 13.6. The molecule has 1 saturated carbocycles. The van der Waals surface area contributed by atoms with Gasteiger partial charge in [-0.1, -0.05) is 26.0 Å². The Kier molecular flexibility index (Phi) is 5.81. The highest BCUT2D eigenvalue weighted by atomic mass is 19.3. The summed E-state index contributed by atoms with van der Waals surface area (Å²) in [5.41, 5.74) is 0.998. The average Bonchev–Trinajstić information content (AvgIpc) is 3.17. The molecule has 1 aromatic carbocycles. The van der Waals surface area contributed by atoms with Crippen molar-refractivity contribution < 1.29 is 18.3 Å². The van der Waals surface area contributed by atoms with Gasteiger partial charge in [0.1, 0.15) is 5.75 Å². The lowest BCUT2D eigenvalue weighted by Gasteiger charge is -2.43. The van der Waals surface area contributed by atoms with Crippen LogP contribution >= 0.6 is 0 Å². The first-order valence-corrected chi connectivity index (χ1v) is 9.07. The van der Waals surface area contributed by atoms with Gasteiger partial charge in [-0.3, -0.25) is 0 Å². The highest BCUT2D eigenvalue weighted by molar-refractivity contribution is 5.51. The van der Waals surface area contributed by atoms with Crippen molar-refractivity contribution in [3.63, 3.8) is 0 Å². The van der Waals surface area contributed by atoms with Crippen molar-refractivity contribution in [1.82, 2.24) is 20.2 Å². The van der Waals surface area contributed by atoms with Crippen LogP contribution < -0.4 is 5.32 Å². The fourth-order valence-electron chi connectivity index (χ4n) is 2.98. The molecule has 148 valence electrons. The monoisotopic (exact) mass is 389 g/mol. The molecule has 0 unspecified atom stereocenters. The lowest BCUT2D eigenvalue weighted by molar-refractivity contribution is 0.116. The molecule has 7 nitrogen and oxygen atoms in total. The summed E-state index contributed by atoms with van der Waals surface area (Å²) in [6.45, 7) is 4.00. The molecular formula is C19H21F2N5O2. The molecule has 1 fully saturated rings. The van der Waals surface area contributed by atoms with Crippen LogP contribution in [0.1, 0.15) is 51.0 Å². The van der Waals surface area contributed by atoms with E-state index in [2.05, 4.69) is 25.5 Å². The van der Waals surface area contributed by atoms with E-state index in [1.807, 2.05) is 19.9 Å². The molecule has 0 saturated heterocycles. The molecule has 0 spiro atoms. The smallest absolute Gasteiger partial charge is 0.314 e. The molecule has 0 radical (unpaired) electrons. The predicted molar refractivity (Wildman–Crippen MR) is 98.9 cm³/mol. The van der Waals surface area contributed by atoms with Gasteiger partial charge in [0.2, 0.25) is 5.95 Å². The van der Waals surface area contributed by atoms with Crippen LogP contribution in [-0.4, -0.2) is 25.3 Å². The number of alkyl halides is 2. The van der Waals surface area contributed by atoms with Crippen molar-refractivity contribution in [3.8, 4) is 17.2 Å². The number of benzene rings is 1. The van der Waals surface area contributed by atoms with Gasteiger partial charge in [-0.25, -0.2) is 9.97 Å². The second-order valence-corrected chi connectivity index (χ2v) is 6.15. The molecule has 0 atom stereocenters. The Bertz CT molecular complexity index is 911. The summed E-state index contributed by atoms with van der Waals surface area (Å²) < 4.78 is 29.9. The van der Waals surface area contributed by atoms with Gasteiger partial charge in [0.05, 0.1) is 11.1 Å². The fourth-order valence-corrected chi connectivity index (χ4v) is 2.98. The van der Waals surface area contributed by atoms with Gasteiger partial charge in [-0.2, -0.15) is 8.78 Å². The van der Waals surface area contributed by atoms with Crippen molar-refractivity contribution in [3.05, 3.63) is 48.1 Å². The molecule has 2 aromatic heterocycles. The first-order valence-electron chi connectivity index (χ1n) is 9.07. The number of hydrogen-bond acceptors (Lipinski definition) is 7. The summed E-state index contributed by atoms with van der Waals surface area (Å²) in [6, 6.07) is 7.10. The third kappa shape index (κ3) is 3.92. The summed E-state index contributed by atoms with van der Waals surface area (Å²) >= 11 is 0. The highest BCUT2D eigenvalue weighted by Crippen LogP contribution is 2.44. The van der Waals surface area contributed by atoms with Gasteiger partial charge < -0.3 is 14.8 Å². The third-order valence-corrected chi connectivity index (χ3v) is 4.48. The standard InChI is InChI=1S/C17H15F2N5O2.C2H6/c18-13(19)15-24-23-14(26-15)10-8-20-16(21-9-10)22-17(5-2-6-17)11-3-1-4-12(25)7-11;1-2/h1,3-4,7-9,13,25H,2,5-6H2,(H,20,21,22);1-2H3. The van der Waals surface area contributed by atoms with Crippen LogP contribution in [0.4, 0.5) is 14.7 Å². The number of nitrogens with one attached hydrogen (secondary N) is 1.